The third-order valence-corrected chi connectivity index (χ3v) is 22.5. The summed E-state index contributed by atoms with van der Waals surface area (Å²) >= 11 is 3.46. The number of rotatable bonds is 19. The molecular weight excluding hydrogens is 1680 g/mol. The van der Waals surface area contributed by atoms with Gasteiger partial charge in [-0.15, -0.1) is 0 Å². The summed E-state index contributed by atoms with van der Waals surface area (Å²) in [5, 5.41) is 25.2. The van der Waals surface area contributed by atoms with Gasteiger partial charge in [0.15, 0.2) is 11.9 Å². The fourth-order valence-electron chi connectivity index (χ4n) is 14.6. The number of H-pyrrole nitrogens is 1. The number of ether oxygens (including phenoxy) is 1. The molecule has 0 radical (unpaired) electrons. The molecule has 21 rings (SSSR count). The Morgan fingerprint density at radius 1 is 0.398 bits per heavy atom. The van der Waals surface area contributed by atoms with Crippen LogP contribution in [0.3, 0.4) is 0 Å². The van der Waals surface area contributed by atoms with Gasteiger partial charge in [-0.1, -0.05) is 78.9 Å². The SMILES string of the molecule is Cc1ccc(-c2cccc(-n3cc(C(=O)NC4CC4)c(=O)c4cccnc43)c2)c[n+]1[O-].O=C(NC1CC1)c1cn(-c2cccc(-c3ccc(=O)[nH]c3)c2)c2ncccc2c1=O.O=C(NC1CC1)c1cn(-c2cccc(-c3ccc(OCc4ccccc4)nc3)c2)c2ncccc2c1=O.O=C(NC1CC1)c1cn(-c2cccc(-c3cncc(Br)c3)c2)c2ncccc2c1=O. The number of pyridine rings is 12. The van der Waals surface area contributed by atoms with Crippen molar-refractivity contribution in [3.05, 3.63) is 393 Å². The van der Waals surface area contributed by atoms with Crippen LogP contribution in [0, 0.1) is 12.1 Å². The maximum Gasteiger partial charge on any atom is 0.257 e. The van der Waals surface area contributed by atoms with Crippen molar-refractivity contribution >= 4 is 83.7 Å². The number of halogens is 1. The number of carbonyl (C=O) groups excluding carboxylic acids is 4. The highest BCUT2D eigenvalue weighted by atomic mass is 79.9. The Labute approximate surface area is 737 Å². The largest absolute Gasteiger partial charge is 0.618 e. The van der Waals surface area contributed by atoms with E-state index in [4.69, 9.17) is 4.74 Å². The Bertz CT molecular complexity index is 7530. The first-order valence-corrected chi connectivity index (χ1v) is 42.5. The molecule has 0 spiro atoms. The molecule has 12 heterocycles. The monoisotopic (exact) mass is 1760 g/mol. The summed E-state index contributed by atoms with van der Waals surface area (Å²) in [6.45, 7) is 2.20. The predicted molar refractivity (Wildman–Crippen MR) is 491 cm³/mol. The van der Waals surface area contributed by atoms with E-state index >= 15 is 0 Å². The van der Waals surface area contributed by atoms with Crippen molar-refractivity contribution in [2.24, 2.45) is 0 Å². The smallest absolute Gasteiger partial charge is 0.257 e. The number of hydrogen-bond donors (Lipinski definition) is 5. The first-order valence-electron chi connectivity index (χ1n) is 41.7. The molecule has 4 saturated carbocycles. The highest BCUT2D eigenvalue weighted by Crippen LogP contribution is 2.32. The second kappa shape index (κ2) is 36.4. The quantitative estimate of drug-likeness (QED) is 0.0371. The Morgan fingerprint density at radius 3 is 1.13 bits per heavy atom. The zero-order valence-corrected chi connectivity index (χ0v) is 70.3. The van der Waals surface area contributed by atoms with Gasteiger partial charge in [0.1, 0.15) is 51.4 Å². The summed E-state index contributed by atoms with van der Waals surface area (Å²) in [4.78, 5) is 143. The number of nitrogens with zero attached hydrogens (tertiary/aromatic N) is 11. The number of nitrogens with one attached hydrogen (secondary N) is 5. The lowest BCUT2D eigenvalue weighted by Gasteiger charge is -2.14. The van der Waals surface area contributed by atoms with Crippen LogP contribution >= 0.6 is 15.9 Å². The van der Waals surface area contributed by atoms with E-state index in [-0.39, 0.29) is 97.3 Å². The number of aromatic nitrogens is 12. The molecule has 0 saturated heterocycles. The molecule has 0 bridgehead atoms. The zero-order chi connectivity index (χ0) is 88.1. The number of aromatic amines is 1. The first-order chi connectivity index (χ1) is 62.4. The normalized spacial score (nSPS) is 13.2. The van der Waals surface area contributed by atoms with Crippen LogP contribution in [0.15, 0.2) is 327 Å². The van der Waals surface area contributed by atoms with Gasteiger partial charge in [0.2, 0.25) is 33.2 Å². The molecule has 4 aliphatic carbocycles. The van der Waals surface area contributed by atoms with Crippen LogP contribution in [0.2, 0.25) is 0 Å². The summed E-state index contributed by atoms with van der Waals surface area (Å²) in [7, 11) is 0. The Balaban J connectivity index is 0.000000116. The van der Waals surface area contributed by atoms with Crippen molar-refractivity contribution in [2.45, 2.75) is 89.1 Å². The Morgan fingerprint density at radius 2 is 0.773 bits per heavy atom. The van der Waals surface area contributed by atoms with E-state index in [1.54, 1.807) is 160 Å². The molecule has 17 aromatic rings. The molecular formula is C100H79BrN16O11. The summed E-state index contributed by atoms with van der Waals surface area (Å²) in [6.07, 6.45) is 28.9. The van der Waals surface area contributed by atoms with Gasteiger partial charge in [-0.2, -0.15) is 4.73 Å². The number of fused-ring (bicyclic) bond motifs is 4. The second-order valence-corrected chi connectivity index (χ2v) is 32.5. The highest BCUT2D eigenvalue weighted by Gasteiger charge is 2.31. The molecule has 4 amide bonds. The van der Waals surface area contributed by atoms with E-state index < -0.39 is 0 Å². The average Bonchev–Trinajstić information content (AvgIpc) is 1.75. The fourth-order valence-corrected chi connectivity index (χ4v) is 15.0. The summed E-state index contributed by atoms with van der Waals surface area (Å²) in [5.74, 6) is -0.869. The van der Waals surface area contributed by atoms with Gasteiger partial charge in [-0.05, 0) is 222 Å². The van der Waals surface area contributed by atoms with Crippen LogP contribution in [0.4, 0.5) is 0 Å². The van der Waals surface area contributed by atoms with Crippen LogP contribution in [0.25, 0.3) is 111 Å². The third-order valence-electron chi connectivity index (χ3n) is 22.1. The van der Waals surface area contributed by atoms with E-state index in [1.165, 1.54) is 12.3 Å². The number of aryl methyl sites for hydroxylation is 1. The first kappa shape index (κ1) is 82.8. The maximum absolute atomic E-state index is 13.1. The number of amides is 4. The van der Waals surface area contributed by atoms with Gasteiger partial charge in [0.05, 0.1) is 21.5 Å². The maximum atomic E-state index is 13.1. The molecule has 12 aromatic heterocycles. The third kappa shape index (κ3) is 18.7. The molecule has 28 heteroatoms. The van der Waals surface area contributed by atoms with Crippen molar-refractivity contribution < 1.29 is 28.6 Å². The summed E-state index contributed by atoms with van der Waals surface area (Å²) in [6, 6.07) is 67.7. The van der Waals surface area contributed by atoms with Crippen molar-refractivity contribution in [3.8, 4) is 73.1 Å². The minimum Gasteiger partial charge on any atom is -0.618 e. The second-order valence-electron chi connectivity index (χ2n) is 31.5. The molecule has 4 aliphatic rings. The lowest BCUT2D eigenvalue weighted by Crippen LogP contribution is -2.31. The summed E-state index contributed by atoms with van der Waals surface area (Å²) in [5.41, 5.74) is 12.8. The fraction of sp³-hybridized carbons (Fsp3) is 0.140. The minimum absolute atomic E-state index is 0.0885. The van der Waals surface area contributed by atoms with Crippen molar-refractivity contribution in [3.63, 3.8) is 0 Å². The van der Waals surface area contributed by atoms with Crippen LogP contribution in [-0.2, 0) is 6.61 Å². The molecule has 5 N–H and O–H groups in total. The molecule has 0 aliphatic heterocycles. The molecule has 27 nitrogen and oxygen atoms in total. The predicted octanol–water partition coefficient (Wildman–Crippen LogP) is 14.5. The van der Waals surface area contributed by atoms with Crippen LogP contribution in [-0.4, -0.2) is 101 Å². The van der Waals surface area contributed by atoms with Gasteiger partial charge in [-0.3, -0.25) is 48.1 Å². The lowest BCUT2D eigenvalue weighted by atomic mass is 10.1. The zero-order valence-electron chi connectivity index (χ0n) is 68.8. The van der Waals surface area contributed by atoms with Gasteiger partial charge in [0.25, 0.3) is 23.6 Å². The molecule has 5 aromatic carbocycles. The molecule has 128 heavy (non-hydrogen) atoms. The van der Waals surface area contributed by atoms with E-state index in [1.807, 2.05) is 152 Å². The molecule has 632 valence electrons. The van der Waals surface area contributed by atoms with E-state index in [0.29, 0.717) is 62.3 Å². The Hall–Kier alpha value is -16.1. The summed E-state index contributed by atoms with van der Waals surface area (Å²) < 4.78 is 14.6. The lowest BCUT2D eigenvalue weighted by molar-refractivity contribution is -0.611. The molecule has 4 fully saturated rings. The number of benzene rings is 5. The minimum atomic E-state index is -0.367. The topological polar surface area (TPSA) is 351 Å². The molecule has 0 unspecified atom stereocenters. The average molecular weight is 1760 g/mol. The van der Waals surface area contributed by atoms with Crippen LogP contribution in [0.5, 0.6) is 5.88 Å². The Kier molecular flexibility index (Phi) is 23.5. The van der Waals surface area contributed by atoms with Crippen molar-refractivity contribution in [1.82, 2.24) is 74.4 Å². The number of carbonyl (C=O) groups is 4. The van der Waals surface area contributed by atoms with Crippen molar-refractivity contribution in [2.75, 3.05) is 0 Å². The van der Waals surface area contributed by atoms with Gasteiger partial charge >= 0.3 is 0 Å². The van der Waals surface area contributed by atoms with Crippen LogP contribution < -0.4 is 58.0 Å². The van der Waals surface area contributed by atoms with Gasteiger partial charge in [0, 0.05) is 168 Å². The van der Waals surface area contributed by atoms with Crippen molar-refractivity contribution in [1.29, 1.82) is 0 Å². The molecule has 0 atom stereocenters. The van der Waals surface area contributed by atoms with E-state index in [9.17, 15) is 48.4 Å². The van der Waals surface area contributed by atoms with Gasteiger partial charge in [-0.25, -0.2) is 24.9 Å². The van der Waals surface area contributed by atoms with E-state index in [2.05, 4.69) is 72.1 Å². The van der Waals surface area contributed by atoms with Crippen LogP contribution in [0.1, 0.15) is 104 Å². The highest BCUT2D eigenvalue weighted by molar-refractivity contribution is 9.10. The van der Waals surface area contributed by atoms with Gasteiger partial charge < -0.3 is 54.5 Å². The standard InChI is InChI=1S/C30H24N4O3.C24H20N4O3.C23H17BrN4O2.C23H18N4O3/c35-28-25-10-5-15-31-29(25)34(18-26(28)30(36)33-23-12-13-23)24-9-4-8-21(16-24)22-11-14-27(32-17-22)37-19-20-6-2-1-3-7-20;1-15-7-8-17(13-28(15)31)16-4-2-5-19(12-16)27-14-21(24(30)26-18-9-10-18)22(29)20-6-3-11-25-23(20)27;24-16-9-15(11-25-12-16)14-3-1-4-18(10-14)28-13-20(23(30)27-17-6-7-17)21(29)19-5-2-8-26-22(19)28;28-20-9-6-15(12-25-20)14-3-1-4-17(11-14)27-13-19(23(30)26-16-7-8-16)21(29)18-5-2-10-24-22(18)27/h1-11,14-18,23H,12-13,19H2,(H,33,36);2-8,11-14,18H,9-10H2,1H3,(H,26,30);1-5,8-13,17H,6-7H2,(H,27,30);1-6,9-13,16H,7-8H2,(H,25,28)(H,26,30). The number of hydrogen-bond acceptors (Lipinski definition) is 17. The van der Waals surface area contributed by atoms with E-state index in [0.717, 1.165) is 133 Å².